The van der Waals surface area contributed by atoms with E-state index in [1.54, 1.807) is 6.92 Å². The molecule has 0 aromatic carbocycles. The molecule has 0 bridgehead atoms. The normalized spacial score (nSPS) is 24.3. The Hall–Kier alpha value is -1.79. The number of carbonyl (C=O) groups is 3. The number of aliphatic carboxylic acids is 1. The molecule has 0 aliphatic carbocycles. The Morgan fingerprint density at radius 3 is 2.48 bits per heavy atom. The Morgan fingerprint density at radius 2 is 2.00 bits per heavy atom. The van der Waals surface area contributed by atoms with Crippen molar-refractivity contribution in [2.24, 2.45) is 17.8 Å². The number of carboxylic acid groups (broad SMARTS) is 1. The molecule has 2 unspecified atom stereocenters. The topological polar surface area (TPSA) is 95.9 Å². The molecule has 1 saturated heterocycles. The molecule has 120 valence electrons. The number of esters is 1. The number of methoxy groups -OCH3 is 1. The molecule has 1 fully saturated rings. The molecule has 0 saturated carbocycles. The summed E-state index contributed by atoms with van der Waals surface area (Å²) in [6, 6.07) is -1.36. The highest BCUT2D eigenvalue weighted by Crippen LogP contribution is 2.24. The van der Waals surface area contributed by atoms with Gasteiger partial charge in [0.1, 0.15) is 6.04 Å². The number of nitrogens with zero attached hydrogens (tertiary/aromatic N) is 1. The summed E-state index contributed by atoms with van der Waals surface area (Å²) in [5.74, 6) is -1.91. The lowest BCUT2D eigenvalue weighted by molar-refractivity contribution is -0.146. The number of hydrogen-bond donors (Lipinski definition) is 2. The Kier molecular flexibility index (Phi) is 5.99. The van der Waals surface area contributed by atoms with Gasteiger partial charge in [-0.05, 0) is 11.8 Å². The molecule has 7 heteroatoms. The first-order valence-electron chi connectivity index (χ1n) is 7.17. The predicted octanol–water partition coefficient (Wildman–Crippen LogP) is 0.936. The van der Waals surface area contributed by atoms with E-state index < -0.39 is 18.0 Å². The van der Waals surface area contributed by atoms with Crippen LogP contribution in [-0.2, 0) is 14.3 Å². The first-order valence-corrected chi connectivity index (χ1v) is 7.17. The maximum atomic E-state index is 12.2. The molecule has 1 aliphatic rings. The van der Waals surface area contributed by atoms with Crippen molar-refractivity contribution in [3.63, 3.8) is 0 Å². The molecule has 4 atom stereocenters. The molecular formula is C14H24N2O5. The highest BCUT2D eigenvalue weighted by atomic mass is 16.5. The van der Waals surface area contributed by atoms with Crippen molar-refractivity contribution in [1.29, 1.82) is 0 Å². The summed E-state index contributed by atoms with van der Waals surface area (Å²) in [5.41, 5.74) is 0. The van der Waals surface area contributed by atoms with Crippen molar-refractivity contribution in [1.82, 2.24) is 10.2 Å². The van der Waals surface area contributed by atoms with Gasteiger partial charge in [0.15, 0.2) is 0 Å². The Balaban J connectivity index is 2.68. The maximum absolute atomic E-state index is 12.2. The van der Waals surface area contributed by atoms with E-state index in [4.69, 9.17) is 4.74 Å². The number of ether oxygens (including phenoxy) is 1. The number of urea groups is 1. The molecule has 0 aromatic rings. The molecular weight excluding hydrogens is 276 g/mol. The summed E-state index contributed by atoms with van der Waals surface area (Å²) in [6.07, 6.45) is 0.651. The van der Waals surface area contributed by atoms with Crippen LogP contribution in [0.1, 0.15) is 27.2 Å². The van der Waals surface area contributed by atoms with Crippen LogP contribution in [0.15, 0.2) is 0 Å². The molecule has 1 rings (SSSR count). The van der Waals surface area contributed by atoms with Crippen LogP contribution in [0.4, 0.5) is 4.79 Å². The van der Waals surface area contributed by atoms with Crippen LogP contribution in [0, 0.1) is 17.8 Å². The van der Waals surface area contributed by atoms with Crippen molar-refractivity contribution in [3.05, 3.63) is 0 Å². The van der Waals surface area contributed by atoms with Crippen LogP contribution < -0.4 is 5.32 Å². The second kappa shape index (κ2) is 7.28. The monoisotopic (exact) mass is 300 g/mol. The average Bonchev–Trinajstić information content (AvgIpc) is 2.84. The zero-order valence-electron chi connectivity index (χ0n) is 13.0. The minimum Gasteiger partial charge on any atom is -0.480 e. The summed E-state index contributed by atoms with van der Waals surface area (Å²) >= 11 is 0. The first-order chi connectivity index (χ1) is 9.81. The van der Waals surface area contributed by atoms with Gasteiger partial charge in [-0.1, -0.05) is 27.2 Å². The fraction of sp³-hybridized carbons (Fsp3) is 0.786. The first kappa shape index (κ1) is 17.3. The zero-order valence-corrected chi connectivity index (χ0v) is 13.0. The molecule has 1 aliphatic heterocycles. The molecule has 0 spiro atoms. The maximum Gasteiger partial charge on any atom is 0.326 e. The van der Waals surface area contributed by atoms with E-state index in [9.17, 15) is 19.5 Å². The van der Waals surface area contributed by atoms with Crippen LogP contribution >= 0.6 is 0 Å². The molecule has 21 heavy (non-hydrogen) atoms. The van der Waals surface area contributed by atoms with E-state index in [0.717, 1.165) is 0 Å². The number of rotatable bonds is 5. The van der Waals surface area contributed by atoms with Gasteiger partial charge in [-0.2, -0.15) is 0 Å². The van der Waals surface area contributed by atoms with Gasteiger partial charge in [-0.3, -0.25) is 4.79 Å². The Bertz CT molecular complexity index is 412. The number of nitrogens with one attached hydrogen (secondary N) is 1. The lowest BCUT2D eigenvalue weighted by Gasteiger charge is -2.24. The number of likely N-dealkylation sites (tertiary alicyclic amines) is 1. The third-order valence-electron chi connectivity index (χ3n) is 4.16. The van der Waals surface area contributed by atoms with Gasteiger partial charge >= 0.3 is 18.0 Å². The van der Waals surface area contributed by atoms with Crippen molar-refractivity contribution in [3.8, 4) is 0 Å². The number of amides is 2. The van der Waals surface area contributed by atoms with Crippen LogP contribution in [0.5, 0.6) is 0 Å². The summed E-state index contributed by atoms with van der Waals surface area (Å²) in [6.45, 7) is 6.20. The fourth-order valence-corrected chi connectivity index (χ4v) is 2.50. The second-order valence-electron chi connectivity index (χ2n) is 5.66. The van der Waals surface area contributed by atoms with Gasteiger partial charge in [-0.25, -0.2) is 9.59 Å². The van der Waals surface area contributed by atoms with Gasteiger partial charge < -0.3 is 20.1 Å². The van der Waals surface area contributed by atoms with Crippen LogP contribution in [0.25, 0.3) is 0 Å². The minimum absolute atomic E-state index is 0.00456. The number of hydrogen-bond acceptors (Lipinski definition) is 4. The largest absolute Gasteiger partial charge is 0.480 e. The summed E-state index contributed by atoms with van der Waals surface area (Å²) in [4.78, 5) is 36.5. The summed E-state index contributed by atoms with van der Waals surface area (Å²) in [7, 11) is 1.32. The molecule has 0 aromatic heterocycles. The highest BCUT2D eigenvalue weighted by Gasteiger charge is 2.38. The molecule has 0 radical (unpaired) electrons. The van der Waals surface area contributed by atoms with E-state index >= 15 is 0 Å². The van der Waals surface area contributed by atoms with Crippen LogP contribution in [-0.4, -0.2) is 54.2 Å². The SMILES string of the molecule is CC[C@H](C)[C@H](NC(=O)N1CC(C)C(C(=O)OC)C1)C(=O)O. The van der Waals surface area contributed by atoms with E-state index in [2.05, 4.69) is 5.32 Å². The van der Waals surface area contributed by atoms with Gasteiger partial charge in [0.05, 0.1) is 13.0 Å². The van der Waals surface area contributed by atoms with Gasteiger partial charge in [0, 0.05) is 13.1 Å². The average molecular weight is 300 g/mol. The van der Waals surface area contributed by atoms with Gasteiger partial charge in [0.2, 0.25) is 0 Å². The summed E-state index contributed by atoms with van der Waals surface area (Å²) < 4.78 is 4.72. The van der Waals surface area contributed by atoms with Crippen LogP contribution in [0.3, 0.4) is 0 Å². The fourth-order valence-electron chi connectivity index (χ4n) is 2.50. The van der Waals surface area contributed by atoms with E-state index in [1.807, 2.05) is 13.8 Å². The Morgan fingerprint density at radius 1 is 1.38 bits per heavy atom. The van der Waals surface area contributed by atoms with Crippen molar-refractivity contribution >= 4 is 18.0 Å². The van der Waals surface area contributed by atoms with Crippen molar-refractivity contribution in [2.75, 3.05) is 20.2 Å². The predicted molar refractivity (Wildman–Crippen MR) is 75.7 cm³/mol. The third-order valence-corrected chi connectivity index (χ3v) is 4.16. The van der Waals surface area contributed by atoms with Crippen molar-refractivity contribution in [2.45, 2.75) is 33.2 Å². The Labute approximate surface area is 124 Å². The number of carboxylic acids is 1. The molecule has 2 amide bonds. The molecule has 2 N–H and O–H groups in total. The van der Waals surface area contributed by atoms with Crippen LogP contribution in [0.2, 0.25) is 0 Å². The van der Waals surface area contributed by atoms with Gasteiger partial charge in [-0.15, -0.1) is 0 Å². The molecule has 1 heterocycles. The van der Waals surface area contributed by atoms with E-state index in [0.29, 0.717) is 13.0 Å². The number of carbonyl (C=O) groups excluding carboxylic acids is 2. The lowest BCUT2D eigenvalue weighted by atomic mass is 9.99. The smallest absolute Gasteiger partial charge is 0.326 e. The quantitative estimate of drug-likeness (QED) is 0.737. The standard InChI is InChI=1S/C14H24N2O5/c1-5-8(2)11(12(17)18)15-14(20)16-6-9(3)10(7-16)13(19)21-4/h8-11H,5-7H2,1-4H3,(H,15,20)(H,17,18)/t8-,9?,10?,11-/m0/s1. The minimum atomic E-state index is -1.05. The van der Waals surface area contributed by atoms with E-state index in [-0.39, 0.29) is 30.3 Å². The van der Waals surface area contributed by atoms with Crippen molar-refractivity contribution < 1.29 is 24.2 Å². The molecule has 7 nitrogen and oxygen atoms in total. The third kappa shape index (κ3) is 4.09. The second-order valence-corrected chi connectivity index (χ2v) is 5.66. The highest BCUT2D eigenvalue weighted by molar-refractivity contribution is 5.83. The summed E-state index contributed by atoms with van der Waals surface area (Å²) in [5, 5.41) is 11.7. The van der Waals surface area contributed by atoms with E-state index in [1.165, 1.54) is 12.0 Å². The lowest BCUT2D eigenvalue weighted by Crippen LogP contribution is -2.50. The zero-order chi connectivity index (χ0) is 16.2. The van der Waals surface area contributed by atoms with Gasteiger partial charge in [0.25, 0.3) is 0 Å².